The van der Waals surface area contributed by atoms with E-state index in [1.54, 1.807) is 0 Å². The van der Waals surface area contributed by atoms with Gasteiger partial charge in [-0.15, -0.1) is 12.4 Å². The SMILES string of the molecule is CCC(NC(=O)C(N)COC)c1ccccc1.Cl. The smallest absolute Gasteiger partial charge is 0.239 e. The number of carbonyl (C=O) groups excluding carboxylic acids is 1. The molecule has 2 atom stereocenters. The second kappa shape index (κ2) is 8.91. The van der Waals surface area contributed by atoms with Crippen LogP contribution < -0.4 is 11.1 Å². The maximum Gasteiger partial charge on any atom is 0.239 e. The predicted molar refractivity (Wildman–Crippen MR) is 74.7 cm³/mol. The first-order valence-corrected chi connectivity index (χ1v) is 5.78. The van der Waals surface area contributed by atoms with Crippen molar-refractivity contribution in [2.45, 2.75) is 25.4 Å². The van der Waals surface area contributed by atoms with Crippen LogP contribution in [0.4, 0.5) is 0 Å². The molecule has 0 radical (unpaired) electrons. The van der Waals surface area contributed by atoms with Crippen molar-refractivity contribution in [2.24, 2.45) is 5.73 Å². The summed E-state index contributed by atoms with van der Waals surface area (Å²) in [4.78, 5) is 11.8. The quantitative estimate of drug-likeness (QED) is 0.828. The van der Waals surface area contributed by atoms with E-state index in [9.17, 15) is 4.79 Å². The monoisotopic (exact) mass is 272 g/mol. The normalized spacial score (nSPS) is 13.3. The zero-order chi connectivity index (χ0) is 12.7. The molecule has 0 spiro atoms. The highest BCUT2D eigenvalue weighted by atomic mass is 35.5. The Balaban J connectivity index is 0.00000289. The van der Waals surface area contributed by atoms with Gasteiger partial charge < -0.3 is 15.8 Å². The number of carbonyl (C=O) groups is 1. The standard InChI is InChI=1S/C13H20N2O2.ClH/c1-3-12(10-7-5-4-6-8-10)15-13(16)11(14)9-17-2;/h4-8,11-12H,3,9,14H2,1-2H3,(H,15,16);1H. The number of hydrogen-bond donors (Lipinski definition) is 2. The lowest BCUT2D eigenvalue weighted by molar-refractivity contribution is -0.124. The molecule has 2 unspecified atom stereocenters. The zero-order valence-corrected chi connectivity index (χ0v) is 11.6. The van der Waals surface area contributed by atoms with E-state index in [1.165, 1.54) is 7.11 Å². The second-order valence-corrected chi connectivity index (χ2v) is 3.94. The first-order valence-electron chi connectivity index (χ1n) is 5.78. The maximum absolute atomic E-state index is 11.8. The van der Waals surface area contributed by atoms with Crippen LogP contribution in [0.1, 0.15) is 24.9 Å². The maximum atomic E-state index is 11.8. The van der Waals surface area contributed by atoms with Crippen molar-refractivity contribution < 1.29 is 9.53 Å². The molecular weight excluding hydrogens is 252 g/mol. The molecule has 0 fully saturated rings. The molecule has 0 bridgehead atoms. The number of benzene rings is 1. The number of nitrogens with one attached hydrogen (secondary N) is 1. The average molecular weight is 273 g/mol. The second-order valence-electron chi connectivity index (χ2n) is 3.94. The van der Waals surface area contributed by atoms with Crippen LogP contribution >= 0.6 is 12.4 Å². The first kappa shape index (κ1) is 16.9. The molecule has 1 rings (SSSR count). The van der Waals surface area contributed by atoms with Gasteiger partial charge in [-0.1, -0.05) is 37.3 Å². The van der Waals surface area contributed by atoms with Crippen LogP contribution in [0.3, 0.4) is 0 Å². The summed E-state index contributed by atoms with van der Waals surface area (Å²) < 4.78 is 4.86. The molecule has 0 saturated carbocycles. The largest absolute Gasteiger partial charge is 0.383 e. The minimum atomic E-state index is -0.613. The Kier molecular flexibility index (Phi) is 8.37. The van der Waals surface area contributed by atoms with Crippen molar-refractivity contribution in [3.8, 4) is 0 Å². The van der Waals surface area contributed by atoms with Gasteiger partial charge in [-0.05, 0) is 12.0 Å². The van der Waals surface area contributed by atoms with Gasteiger partial charge in [0.25, 0.3) is 0 Å². The van der Waals surface area contributed by atoms with Crippen LogP contribution in [0.5, 0.6) is 0 Å². The van der Waals surface area contributed by atoms with Gasteiger partial charge in [0.15, 0.2) is 0 Å². The van der Waals surface area contributed by atoms with Gasteiger partial charge in [-0.2, -0.15) is 0 Å². The van der Waals surface area contributed by atoms with E-state index in [1.807, 2.05) is 37.3 Å². The van der Waals surface area contributed by atoms with E-state index in [2.05, 4.69) is 5.32 Å². The number of amides is 1. The van der Waals surface area contributed by atoms with E-state index < -0.39 is 6.04 Å². The minimum absolute atomic E-state index is 0. The first-order chi connectivity index (χ1) is 8.19. The summed E-state index contributed by atoms with van der Waals surface area (Å²) in [5.74, 6) is -0.178. The van der Waals surface area contributed by atoms with Crippen molar-refractivity contribution in [1.82, 2.24) is 5.32 Å². The van der Waals surface area contributed by atoms with Gasteiger partial charge in [0.05, 0.1) is 12.6 Å². The molecule has 5 heteroatoms. The molecule has 1 aromatic carbocycles. The third-order valence-electron chi connectivity index (χ3n) is 2.61. The molecule has 18 heavy (non-hydrogen) atoms. The Morgan fingerprint density at radius 3 is 2.50 bits per heavy atom. The molecule has 0 heterocycles. The Morgan fingerprint density at radius 1 is 1.39 bits per heavy atom. The summed E-state index contributed by atoms with van der Waals surface area (Å²) in [5.41, 5.74) is 6.76. The van der Waals surface area contributed by atoms with E-state index in [4.69, 9.17) is 10.5 Å². The molecule has 0 aromatic heterocycles. The lowest BCUT2D eigenvalue weighted by Crippen LogP contribution is -2.44. The van der Waals surface area contributed by atoms with Gasteiger partial charge >= 0.3 is 0 Å². The van der Waals surface area contributed by atoms with Crippen molar-refractivity contribution in [2.75, 3.05) is 13.7 Å². The summed E-state index contributed by atoms with van der Waals surface area (Å²) in [5, 5.41) is 2.92. The van der Waals surface area contributed by atoms with E-state index in [0.717, 1.165) is 12.0 Å². The van der Waals surface area contributed by atoms with Crippen LogP contribution in [-0.4, -0.2) is 25.7 Å². The highest BCUT2D eigenvalue weighted by Crippen LogP contribution is 2.15. The van der Waals surface area contributed by atoms with E-state index >= 15 is 0 Å². The van der Waals surface area contributed by atoms with Crippen molar-refractivity contribution in [3.05, 3.63) is 35.9 Å². The van der Waals surface area contributed by atoms with Crippen LogP contribution in [0.2, 0.25) is 0 Å². The molecule has 0 aliphatic carbocycles. The number of rotatable bonds is 6. The van der Waals surface area contributed by atoms with Gasteiger partial charge in [0.2, 0.25) is 5.91 Å². The van der Waals surface area contributed by atoms with Crippen molar-refractivity contribution in [3.63, 3.8) is 0 Å². The number of halogens is 1. The third kappa shape index (κ3) is 5.04. The molecule has 4 nitrogen and oxygen atoms in total. The molecule has 1 amide bonds. The number of ether oxygens (including phenoxy) is 1. The average Bonchev–Trinajstić information content (AvgIpc) is 2.37. The predicted octanol–water partition coefficient (Wildman–Crippen LogP) is 1.65. The fourth-order valence-electron chi connectivity index (χ4n) is 1.64. The molecule has 3 N–H and O–H groups in total. The van der Waals surface area contributed by atoms with Gasteiger partial charge in [-0.25, -0.2) is 0 Å². The Morgan fingerprint density at radius 2 is 2.00 bits per heavy atom. The summed E-state index contributed by atoms with van der Waals surface area (Å²) in [6.07, 6.45) is 0.829. The fourth-order valence-corrected chi connectivity index (χ4v) is 1.64. The van der Waals surface area contributed by atoms with E-state index in [-0.39, 0.29) is 31.0 Å². The third-order valence-corrected chi connectivity index (χ3v) is 2.61. The van der Waals surface area contributed by atoms with Crippen LogP contribution in [0.25, 0.3) is 0 Å². The lowest BCUT2D eigenvalue weighted by atomic mass is 10.0. The molecule has 0 aliphatic rings. The Labute approximate surface area is 114 Å². The van der Waals surface area contributed by atoms with Crippen molar-refractivity contribution >= 4 is 18.3 Å². The summed E-state index contributed by atoms with van der Waals surface area (Å²) in [7, 11) is 1.53. The Bertz CT molecular complexity index is 346. The molecule has 102 valence electrons. The van der Waals surface area contributed by atoms with Gasteiger partial charge in [0, 0.05) is 7.11 Å². The topological polar surface area (TPSA) is 64.4 Å². The summed E-state index contributed by atoms with van der Waals surface area (Å²) in [6.45, 7) is 2.26. The van der Waals surface area contributed by atoms with Crippen molar-refractivity contribution in [1.29, 1.82) is 0 Å². The summed E-state index contributed by atoms with van der Waals surface area (Å²) in [6, 6.07) is 9.25. The van der Waals surface area contributed by atoms with Gasteiger partial charge in [-0.3, -0.25) is 4.79 Å². The highest BCUT2D eigenvalue weighted by molar-refractivity contribution is 5.85. The van der Waals surface area contributed by atoms with Gasteiger partial charge in [0.1, 0.15) is 6.04 Å². The molecule has 1 aromatic rings. The summed E-state index contributed by atoms with van der Waals surface area (Å²) >= 11 is 0. The van der Waals surface area contributed by atoms with Crippen LogP contribution in [-0.2, 0) is 9.53 Å². The van der Waals surface area contributed by atoms with Crippen LogP contribution in [0, 0.1) is 0 Å². The minimum Gasteiger partial charge on any atom is -0.383 e. The molecular formula is C13H21ClN2O2. The molecule has 0 aliphatic heterocycles. The lowest BCUT2D eigenvalue weighted by Gasteiger charge is -2.19. The van der Waals surface area contributed by atoms with Crippen LogP contribution in [0.15, 0.2) is 30.3 Å². The number of nitrogens with two attached hydrogens (primary N) is 1. The highest BCUT2D eigenvalue weighted by Gasteiger charge is 2.17. The number of hydrogen-bond acceptors (Lipinski definition) is 3. The molecule has 0 saturated heterocycles. The zero-order valence-electron chi connectivity index (χ0n) is 10.8. The Hall–Kier alpha value is -1.10. The fraction of sp³-hybridized carbons (Fsp3) is 0.462. The van der Waals surface area contributed by atoms with E-state index in [0.29, 0.717) is 0 Å². The number of methoxy groups -OCH3 is 1.